The first-order valence-electron chi connectivity index (χ1n) is 6.25. The van der Waals surface area contributed by atoms with Gasteiger partial charge in [-0.25, -0.2) is 0 Å². The van der Waals surface area contributed by atoms with Gasteiger partial charge in [0.25, 0.3) is 0 Å². The minimum atomic E-state index is -0.923. The van der Waals surface area contributed by atoms with Crippen LogP contribution >= 0.6 is 0 Å². The number of hydrogen-bond donors (Lipinski definition) is 1. The van der Waals surface area contributed by atoms with Gasteiger partial charge >= 0.3 is 5.97 Å². The van der Waals surface area contributed by atoms with Crippen molar-refractivity contribution in [2.45, 2.75) is 19.4 Å². The Morgan fingerprint density at radius 3 is 2.79 bits per heavy atom. The van der Waals surface area contributed by atoms with E-state index >= 15 is 0 Å². The Kier molecular flexibility index (Phi) is 3.69. The van der Waals surface area contributed by atoms with Gasteiger partial charge in [-0.15, -0.1) is 6.58 Å². The van der Waals surface area contributed by atoms with Crippen LogP contribution in [-0.4, -0.2) is 28.4 Å². The number of benzene rings is 1. The highest BCUT2D eigenvalue weighted by molar-refractivity contribution is 5.87. The Morgan fingerprint density at radius 1 is 1.53 bits per heavy atom. The number of carboxylic acid groups (broad SMARTS) is 1. The molecule has 19 heavy (non-hydrogen) atoms. The molecule has 1 amide bonds. The van der Waals surface area contributed by atoms with E-state index < -0.39 is 17.9 Å². The Bertz CT molecular complexity index is 524. The lowest BCUT2D eigenvalue weighted by Gasteiger charge is -2.27. The van der Waals surface area contributed by atoms with Gasteiger partial charge < -0.3 is 10.0 Å². The molecule has 0 bridgehead atoms. The Labute approximate surface area is 112 Å². The average molecular weight is 259 g/mol. The molecule has 4 nitrogen and oxygen atoms in total. The third-order valence-electron chi connectivity index (χ3n) is 3.58. The highest BCUT2D eigenvalue weighted by atomic mass is 16.4. The number of aryl methyl sites for hydroxylation is 1. The molecule has 1 aromatic carbocycles. The molecule has 1 aliphatic rings. The first-order valence-corrected chi connectivity index (χ1v) is 6.25. The third kappa shape index (κ3) is 2.38. The molecule has 1 N–H and O–H groups in total. The smallest absolute Gasteiger partial charge is 0.309 e. The summed E-state index contributed by atoms with van der Waals surface area (Å²) in [5.41, 5.74) is 1.91. The van der Waals surface area contributed by atoms with Crippen LogP contribution in [0.5, 0.6) is 0 Å². The average Bonchev–Trinajstić information content (AvgIpc) is 2.69. The molecule has 1 heterocycles. The summed E-state index contributed by atoms with van der Waals surface area (Å²) < 4.78 is 0. The lowest BCUT2D eigenvalue weighted by Crippen LogP contribution is -2.31. The molecule has 1 aliphatic heterocycles. The quantitative estimate of drug-likeness (QED) is 0.843. The van der Waals surface area contributed by atoms with Crippen LogP contribution < -0.4 is 0 Å². The first kappa shape index (κ1) is 13.3. The lowest BCUT2D eigenvalue weighted by atomic mass is 9.91. The predicted molar refractivity (Wildman–Crippen MR) is 71.6 cm³/mol. The van der Waals surface area contributed by atoms with Crippen LogP contribution in [0.25, 0.3) is 0 Å². The van der Waals surface area contributed by atoms with Crippen LogP contribution in [0.1, 0.15) is 23.6 Å². The number of aliphatic carboxylic acids is 1. The summed E-state index contributed by atoms with van der Waals surface area (Å²) in [6.45, 7) is 5.95. The van der Waals surface area contributed by atoms with Crippen molar-refractivity contribution >= 4 is 11.9 Å². The maximum atomic E-state index is 12.0. The normalized spacial score (nSPS) is 22.6. The fourth-order valence-electron chi connectivity index (χ4n) is 2.67. The van der Waals surface area contributed by atoms with Crippen LogP contribution in [0, 0.1) is 12.8 Å². The summed E-state index contributed by atoms with van der Waals surface area (Å²) in [5.74, 6) is -1.73. The van der Waals surface area contributed by atoms with E-state index in [4.69, 9.17) is 0 Å². The molecule has 100 valence electrons. The number of carbonyl (C=O) groups excluding carboxylic acids is 1. The van der Waals surface area contributed by atoms with Gasteiger partial charge in [0.1, 0.15) is 0 Å². The molecular formula is C15H17NO3. The minimum Gasteiger partial charge on any atom is -0.481 e. The second-order valence-corrected chi connectivity index (χ2v) is 4.79. The van der Waals surface area contributed by atoms with Crippen molar-refractivity contribution in [1.82, 2.24) is 4.90 Å². The zero-order valence-electron chi connectivity index (χ0n) is 10.9. The fraction of sp³-hybridized carbons (Fsp3) is 0.333. The number of nitrogens with zero attached hydrogens (tertiary/aromatic N) is 1. The van der Waals surface area contributed by atoms with E-state index in [2.05, 4.69) is 6.58 Å². The molecule has 2 rings (SSSR count). The predicted octanol–water partition coefficient (Wildman–Crippen LogP) is 2.16. The summed E-state index contributed by atoms with van der Waals surface area (Å²) in [6, 6.07) is 7.21. The van der Waals surface area contributed by atoms with Gasteiger partial charge in [-0.1, -0.05) is 30.3 Å². The van der Waals surface area contributed by atoms with Crippen molar-refractivity contribution in [1.29, 1.82) is 0 Å². The Morgan fingerprint density at radius 2 is 2.21 bits per heavy atom. The SMILES string of the molecule is C=CCN1C(=O)CC(C(=O)O)C1c1ccccc1C. The molecule has 1 saturated heterocycles. The third-order valence-corrected chi connectivity index (χ3v) is 3.58. The first-order chi connectivity index (χ1) is 9.06. The van der Waals surface area contributed by atoms with E-state index in [1.165, 1.54) is 0 Å². The van der Waals surface area contributed by atoms with Gasteiger partial charge in [0.05, 0.1) is 12.0 Å². The van der Waals surface area contributed by atoms with Gasteiger partial charge in [-0.2, -0.15) is 0 Å². The largest absolute Gasteiger partial charge is 0.481 e. The van der Waals surface area contributed by atoms with E-state index in [0.29, 0.717) is 6.54 Å². The molecule has 2 atom stereocenters. The van der Waals surface area contributed by atoms with Gasteiger partial charge in [-0.05, 0) is 18.1 Å². The van der Waals surface area contributed by atoms with Gasteiger partial charge in [0.2, 0.25) is 5.91 Å². The topological polar surface area (TPSA) is 57.6 Å². The van der Waals surface area contributed by atoms with E-state index in [0.717, 1.165) is 11.1 Å². The van der Waals surface area contributed by atoms with E-state index in [-0.39, 0.29) is 12.3 Å². The van der Waals surface area contributed by atoms with Crippen LogP contribution in [0.2, 0.25) is 0 Å². The van der Waals surface area contributed by atoms with Crippen LogP contribution in [0.4, 0.5) is 0 Å². The molecule has 0 aromatic heterocycles. The molecule has 1 fully saturated rings. The van der Waals surface area contributed by atoms with Crippen LogP contribution in [-0.2, 0) is 9.59 Å². The van der Waals surface area contributed by atoms with Crippen LogP contribution in [0.3, 0.4) is 0 Å². The zero-order chi connectivity index (χ0) is 14.0. The van der Waals surface area contributed by atoms with Gasteiger partial charge in [-0.3, -0.25) is 9.59 Å². The number of amides is 1. The summed E-state index contributed by atoms with van der Waals surface area (Å²) in [7, 11) is 0. The van der Waals surface area contributed by atoms with E-state index in [9.17, 15) is 14.7 Å². The summed E-state index contributed by atoms with van der Waals surface area (Å²) >= 11 is 0. The van der Waals surface area contributed by atoms with Crippen molar-refractivity contribution in [3.63, 3.8) is 0 Å². The monoisotopic (exact) mass is 259 g/mol. The van der Waals surface area contributed by atoms with Crippen molar-refractivity contribution in [3.05, 3.63) is 48.0 Å². The second-order valence-electron chi connectivity index (χ2n) is 4.79. The maximum Gasteiger partial charge on any atom is 0.309 e. The number of rotatable bonds is 4. The number of carboxylic acids is 1. The van der Waals surface area contributed by atoms with Crippen molar-refractivity contribution in [2.75, 3.05) is 6.54 Å². The van der Waals surface area contributed by atoms with Crippen molar-refractivity contribution in [2.24, 2.45) is 5.92 Å². The van der Waals surface area contributed by atoms with Crippen molar-refractivity contribution in [3.8, 4) is 0 Å². The van der Waals surface area contributed by atoms with E-state index in [1.807, 2.05) is 31.2 Å². The molecule has 2 unspecified atom stereocenters. The highest BCUT2D eigenvalue weighted by Crippen LogP contribution is 2.39. The minimum absolute atomic E-state index is 0.0577. The summed E-state index contributed by atoms with van der Waals surface area (Å²) in [6.07, 6.45) is 1.69. The Hall–Kier alpha value is -2.10. The summed E-state index contributed by atoms with van der Waals surface area (Å²) in [5, 5.41) is 9.33. The fourth-order valence-corrected chi connectivity index (χ4v) is 2.67. The number of likely N-dealkylation sites (tertiary alicyclic amines) is 1. The lowest BCUT2D eigenvalue weighted by molar-refractivity contribution is -0.142. The van der Waals surface area contributed by atoms with E-state index in [1.54, 1.807) is 11.0 Å². The highest BCUT2D eigenvalue weighted by Gasteiger charge is 2.44. The van der Waals surface area contributed by atoms with Gasteiger partial charge in [0.15, 0.2) is 0 Å². The Balaban J connectivity index is 2.46. The standard InChI is InChI=1S/C15H17NO3/c1-3-8-16-13(17)9-12(15(18)19)14(16)11-7-5-4-6-10(11)2/h3-7,12,14H,1,8-9H2,2H3,(H,18,19). The molecular weight excluding hydrogens is 242 g/mol. The molecule has 0 spiro atoms. The maximum absolute atomic E-state index is 12.0. The van der Waals surface area contributed by atoms with Crippen molar-refractivity contribution < 1.29 is 14.7 Å². The second kappa shape index (κ2) is 5.26. The molecule has 4 heteroatoms. The molecule has 0 saturated carbocycles. The number of hydrogen-bond acceptors (Lipinski definition) is 2. The number of carbonyl (C=O) groups is 2. The zero-order valence-corrected chi connectivity index (χ0v) is 10.9. The van der Waals surface area contributed by atoms with Gasteiger partial charge in [0, 0.05) is 13.0 Å². The summed E-state index contributed by atoms with van der Waals surface area (Å²) in [4.78, 5) is 25.0. The molecule has 1 aromatic rings. The molecule has 0 radical (unpaired) electrons. The molecule has 0 aliphatic carbocycles. The van der Waals surface area contributed by atoms with Crippen LogP contribution in [0.15, 0.2) is 36.9 Å².